The molecule has 1 rings (SSSR count). The number of aliphatic carboxylic acids is 1. The van der Waals surface area contributed by atoms with Crippen molar-refractivity contribution >= 4 is 17.7 Å². The molecular weight excluding hydrogens is 254 g/mol. The van der Waals surface area contributed by atoms with Crippen LogP contribution in [0.15, 0.2) is 4.52 Å². The molecule has 18 heavy (non-hydrogen) atoms. The van der Waals surface area contributed by atoms with Crippen LogP contribution in [0, 0.1) is 0 Å². The number of thioether (sulfide) groups is 1. The molecule has 0 aliphatic heterocycles. The van der Waals surface area contributed by atoms with Gasteiger partial charge in [-0.25, -0.2) is 0 Å². The highest BCUT2D eigenvalue weighted by Gasteiger charge is 2.33. The third-order valence-electron chi connectivity index (χ3n) is 2.57. The van der Waals surface area contributed by atoms with E-state index in [-0.39, 0.29) is 0 Å². The SMILES string of the molecule is CCCc1noc(CSC(C)(C)[C@H](N)C(=O)O)n1. The maximum absolute atomic E-state index is 10.9. The molecule has 102 valence electrons. The molecule has 0 fully saturated rings. The van der Waals surface area contributed by atoms with Crippen molar-refractivity contribution in [1.82, 2.24) is 10.1 Å². The van der Waals surface area contributed by atoms with Crippen molar-refractivity contribution in [2.75, 3.05) is 0 Å². The van der Waals surface area contributed by atoms with E-state index in [0.717, 1.165) is 12.8 Å². The highest BCUT2D eigenvalue weighted by molar-refractivity contribution is 7.99. The van der Waals surface area contributed by atoms with E-state index in [1.807, 2.05) is 6.92 Å². The topological polar surface area (TPSA) is 102 Å². The fourth-order valence-electron chi connectivity index (χ4n) is 1.31. The molecule has 0 radical (unpaired) electrons. The van der Waals surface area contributed by atoms with Crippen molar-refractivity contribution in [3.05, 3.63) is 11.7 Å². The molecule has 7 heteroatoms. The second-order valence-corrected chi connectivity index (χ2v) is 6.19. The summed E-state index contributed by atoms with van der Waals surface area (Å²) in [5.41, 5.74) is 5.62. The number of hydrogen-bond acceptors (Lipinski definition) is 6. The zero-order valence-electron chi connectivity index (χ0n) is 10.8. The molecule has 0 saturated carbocycles. The number of nitrogens with two attached hydrogens (primary N) is 1. The first-order valence-electron chi connectivity index (χ1n) is 5.80. The van der Waals surface area contributed by atoms with Gasteiger partial charge in [0, 0.05) is 11.2 Å². The second kappa shape index (κ2) is 6.19. The van der Waals surface area contributed by atoms with Crippen LogP contribution in [0.2, 0.25) is 0 Å². The minimum absolute atomic E-state index is 0.463. The van der Waals surface area contributed by atoms with Crippen LogP contribution in [-0.4, -0.2) is 32.0 Å². The monoisotopic (exact) mass is 273 g/mol. The third kappa shape index (κ3) is 3.99. The van der Waals surface area contributed by atoms with Gasteiger partial charge in [-0.3, -0.25) is 4.79 Å². The van der Waals surface area contributed by atoms with E-state index >= 15 is 0 Å². The van der Waals surface area contributed by atoms with Crippen LogP contribution >= 0.6 is 11.8 Å². The maximum Gasteiger partial charge on any atom is 0.321 e. The van der Waals surface area contributed by atoms with Gasteiger partial charge in [0.15, 0.2) is 5.82 Å². The Kier molecular flexibility index (Phi) is 5.15. The highest BCUT2D eigenvalue weighted by atomic mass is 32.2. The summed E-state index contributed by atoms with van der Waals surface area (Å²) in [6.45, 7) is 5.62. The van der Waals surface area contributed by atoms with Crippen LogP contribution in [0.4, 0.5) is 0 Å². The Morgan fingerprint density at radius 2 is 2.28 bits per heavy atom. The van der Waals surface area contributed by atoms with Gasteiger partial charge in [0.25, 0.3) is 0 Å². The summed E-state index contributed by atoms with van der Waals surface area (Å²) in [4.78, 5) is 15.1. The molecule has 0 unspecified atom stereocenters. The van der Waals surface area contributed by atoms with Crippen molar-refractivity contribution in [2.45, 2.75) is 50.2 Å². The van der Waals surface area contributed by atoms with Gasteiger partial charge in [0.2, 0.25) is 5.89 Å². The number of rotatable bonds is 7. The van der Waals surface area contributed by atoms with Crippen LogP contribution in [0.3, 0.4) is 0 Å². The predicted octanol–water partition coefficient (Wildman–Crippen LogP) is 1.45. The number of carbonyl (C=O) groups is 1. The number of aryl methyl sites for hydroxylation is 1. The lowest BCUT2D eigenvalue weighted by atomic mass is 10.1. The van der Waals surface area contributed by atoms with E-state index in [1.165, 1.54) is 11.8 Å². The summed E-state index contributed by atoms with van der Waals surface area (Å²) in [7, 11) is 0. The first-order valence-corrected chi connectivity index (χ1v) is 6.79. The predicted molar refractivity (Wildman–Crippen MR) is 69.3 cm³/mol. The molecule has 6 nitrogen and oxygen atoms in total. The van der Waals surface area contributed by atoms with Crippen molar-refractivity contribution < 1.29 is 14.4 Å². The number of carboxylic acid groups (broad SMARTS) is 1. The van der Waals surface area contributed by atoms with E-state index in [4.69, 9.17) is 15.4 Å². The summed E-state index contributed by atoms with van der Waals surface area (Å²) >= 11 is 1.40. The van der Waals surface area contributed by atoms with Crippen molar-refractivity contribution in [2.24, 2.45) is 5.73 Å². The third-order valence-corrected chi connectivity index (χ3v) is 3.96. The Morgan fingerprint density at radius 1 is 1.61 bits per heavy atom. The van der Waals surface area contributed by atoms with Gasteiger partial charge in [-0.15, -0.1) is 11.8 Å². The molecule has 1 aromatic rings. The molecule has 0 aromatic carbocycles. The lowest BCUT2D eigenvalue weighted by Gasteiger charge is -2.27. The first kappa shape index (κ1) is 15.0. The molecule has 3 N–H and O–H groups in total. The van der Waals surface area contributed by atoms with Gasteiger partial charge in [-0.05, 0) is 20.3 Å². The molecule has 0 amide bonds. The van der Waals surface area contributed by atoms with Crippen LogP contribution < -0.4 is 5.73 Å². The van der Waals surface area contributed by atoms with Crippen molar-refractivity contribution in [1.29, 1.82) is 0 Å². The van der Waals surface area contributed by atoms with Gasteiger partial charge in [0.1, 0.15) is 6.04 Å². The van der Waals surface area contributed by atoms with Crippen LogP contribution in [0.1, 0.15) is 38.9 Å². The lowest BCUT2D eigenvalue weighted by Crippen LogP contribution is -2.46. The zero-order chi connectivity index (χ0) is 13.8. The number of nitrogens with zero attached hydrogens (tertiary/aromatic N) is 2. The standard InChI is InChI=1S/C11H19N3O3S/c1-4-5-7-13-8(17-14-7)6-18-11(2,3)9(12)10(15)16/h9H,4-6,12H2,1-3H3,(H,15,16)/t9-/m1/s1. The molecule has 0 bridgehead atoms. The Hall–Kier alpha value is -1.08. The number of aromatic nitrogens is 2. The summed E-state index contributed by atoms with van der Waals surface area (Å²) in [6.07, 6.45) is 1.74. The van der Waals surface area contributed by atoms with Gasteiger partial charge >= 0.3 is 5.97 Å². The molecule has 1 aromatic heterocycles. The molecule has 1 atom stereocenters. The Morgan fingerprint density at radius 3 is 2.83 bits per heavy atom. The van der Waals surface area contributed by atoms with Gasteiger partial charge in [-0.1, -0.05) is 12.1 Å². The molecule has 0 saturated heterocycles. The van der Waals surface area contributed by atoms with E-state index in [9.17, 15) is 4.79 Å². The normalized spacial score (nSPS) is 13.6. The fourth-order valence-corrected chi connectivity index (χ4v) is 2.20. The maximum atomic E-state index is 10.9. The van der Waals surface area contributed by atoms with Gasteiger partial charge in [-0.2, -0.15) is 4.98 Å². The summed E-state index contributed by atoms with van der Waals surface area (Å²) in [5.74, 6) is 0.650. The molecule has 0 aliphatic carbocycles. The minimum Gasteiger partial charge on any atom is -0.480 e. The average Bonchev–Trinajstić information content (AvgIpc) is 2.74. The highest BCUT2D eigenvalue weighted by Crippen LogP contribution is 2.30. The van der Waals surface area contributed by atoms with Crippen molar-refractivity contribution in [3.8, 4) is 0 Å². The average molecular weight is 273 g/mol. The Bertz CT molecular complexity index is 406. The van der Waals surface area contributed by atoms with E-state index < -0.39 is 16.8 Å². The fraction of sp³-hybridized carbons (Fsp3) is 0.727. The quantitative estimate of drug-likeness (QED) is 0.775. The van der Waals surface area contributed by atoms with Gasteiger partial charge in [0.05, 0.1) is 5.75 Å². The summed E-state index contributed by atoms with van der Waals surface area (Å²) < 4.78 is 4.49. The Labute approximate surface area is 110 Å². The van der Waals surface area contributed by atoms with Crippen LogP contribution in [-0.2, 0) is 17.0 Å². The molecule has 0 spiro atoms. The second-order valence-electron chi connectivity index (χ2n) is 4.56. The molecule has 1 heterocycles. The van der Waals surface area contributed by atoms with Gasteiger partial charge < -0.3 is 15.4 Å². The summed E-state index contributed by atoms with van der Waals surface area (Å²) in [6, 6.07) is -0.930. The zero-order valence-corrected chi connectivity index (χ0v) is 11.7. The van der Waals surface area contributed by atoms with Crippen molar-refractivity contribution in [3.63, 3.8) is 0 Å². The molecular formula is C11H19N3O3S. The minimum atomic E-state index is -1.01. The van der Waals surface area contributed by atoms with Crippen LogP contribution in [0.25, 0.3) is 0 Å². The summed E-state index contributed by atoms with van der Waals surface area (Å²) in [5, 5.41) is 12.7. The number of carboxylic acids is 1. The van der Waals surface area contributed by atoms with Crippen LogP contribution in [0.5, 0.6) is 0 Å². The van der Waals surface area contributed by atoms with E-state index in [1.54, 1.807) is 13.8 Å². The number of hydrogen-bond donors (Lipinski definition) is 2. The van der Waals surface area contributed by atoms with E-state index in [2.05, 4.69) is 10.1 Å². The lowest BCUT2D eigenvalue weighted by molar-refractivity contribution is -0.139. The molecule has 0 aliphatic rings. The Balaban J connectivity index is 2.55. The smallest absolute Gasteiger partial charge is 0.321 e. The largest absolute Gasteiger partial charge is 0.480 e. The first-order chi connectivity index (χ1) is 8.36. The van der Waals surface area contributed by atoms with E-state index in [0.29, 0.717) is 17.5 Å².